The maximum Gasteiger partial charge on any atom is 0.305 e. The zero-order chi connectivity index (χ0) is 31.5. The maximum atomic E-state index is 14.2. The zero-order valence-electron chi connectivity index (χ0n) is 25.5. The van der Waals surface area contributed by atoms with Gasteiger partial charge in [0.1, 0.15) is 10.9 Å². The van der Waals surface area contributed by atoms with Crippen molar-refractivity contribution in [3.8, 4) is 0 Å². The number of sulfonamides is 1. The fourth-order valence-corrected chi connectivity index (χ4v) is 8.59. The minimum Gasteiger partial charge on any atom is -0.469 e. The van der Waals surface area contributed by atoms with Crippen LogP contribution in [0.25, 0.3) is 10.2 Å². The lowest BCUT2D eigenvalue weighted by Gasteiger charge is -2.35. The van der Waals surface area contributed by atoms with Gasteiger partial charge in [-0.15, -0.1) is 11.3 Å². The van der Waals surface area contributed by atoms with Crippen LogP contribution in [0.15, 0.2) is 41.3 Å². The van der Waals surface area contributed by atoms with Crippen molar-refractivity contribution in [3.63, 3.8) is 0 Å². The third-order valence-electron chi connectivity index (χ3n) is 8.55. The van der Waals surface area contributed by atoms with Crippen LogP contribution in [0.5, 0.6) is 0 Å². The van der Waals surface area contributed by atoms with E-state index in [-0.39, 0.29) is 47.6 Å². The minimum absolute atomic E-state index is 0.0640. The standard InChI is InChI=1S/C32H41FN4O5S2/c1-32(2)19-23-16-22(8-9-29(38)42-3)17-27(30(23)34-20-32)44(40,41)36-25(18-28-35-24-6-4-5-7-26(24)43-28)31(39)37-14-11-21(10-13-33)12-15-37/h4-7,16-17,21,25,34,36H,8-15,18-20H2,1-3H3. The Hall–Kier alpha value is -3.09. The normalized spacial score (nSPS) is 17.6. The number of para-hydroxylation sites is 1. The molecule has 12 heteroatoms. The van der Waals surface area contributed by atoms with Crippen LogP contribution in [-0.4, -0.2) is 69.6 Å². The number of methoxy groups -OCH3 is 1. The van der Waals surface area contributed by atoms with Crippen LogP contribution < -0.4 is 10.0 Å². The second-order valence-electron chi connectivity index (χ2n) is 12.6. The van der Waals surface area contributed by atoms with E-state index in [0.29, 0.717) is 68.0 Å². The summed E-state index contributed by atoms with van der Waals surface area (Å²) >= 11 is 1.44. The Kier molecular flexibility index (Phi) is 9.91. The highest BCUT2D eigenvalue weighted by Gasteiger charge is 2.36. The fraction of sp³-hybridized carbons (Fsp3) is 0.531. The number of halogens is 1. The molecule has 3 heterocycles. The summed E-state index contributed by atoms with van der Waals surface area (Å²) in [5.41, 5.74) is 2.79. The highest BCUT2D eigenvalue weighted by atomic mass is 32.2. The number of aryl methyl sites for hydroxylation is 1. The Labute approximate surface area is 262 Å². The molecule has 9 nitrogen and oxygen atoms in total. The van der Waals surface area contributed by atoms with E-state index < -0.39 is 16.1 Å². The summed E-state index contributed by atoms with van der Waals surface area (Å²) in [6, 6.07) is 10.1. The number of hydrogen-bond donors (Lipinski definition) is 2. The number of anilines is 1. The molecule has 2 aliphatic heterocycles. The number of rotatable bonds is 11. The Morgan fingerprint density at radius 1 is 1.23 bits per heavy atom. The molecular weight excluding hydrogens is 604 g/mol. The summed E-state index contributed by atoms with van der Waals surface area (Å²) in [6.45, 7) is 5.34. The number of ether oxygens (including phenoxy) is 1. The van der Waals surface area contributed by atoms with Gasteiger partial charge in [-0.05, 0) is 72.8 Å². The molecule has 0 bridgehead atoms. The lowest BCUT2D eigenvalue weighted by atomic mass is 9.81. The monoisotopic (exact) mass is 644 g/mol. The number of benzene rings is 2. The van der Waals surface area contributed by atoms with Crippen molar-refractivity contribution in [1.82, 2.24) is 14.6 Å². The number of aromatic nitrogens is 1. The van der Waals surface area contributed by atoms with Gasteiger partial charge in [-0.3, -0.25) is 14.0 Å². The molecule has 1 aromatic heterocycles. The number of alkyl halides is 1. The third kappa shape index (κ3) is 7.58. The highest BCUT2D eigenvalue weighted by Crippen LogP contribution is 2.38. The summed E-state index contributed by atoms with van der Waals surface area (Å²) in [5.74, 6) is -0.463. The quantitative estimate of drug-likeness (QED) is 0.286. The van der Waals surface area contributed by atoms with Gasteiger partial charge in [0, 0.05) is 32.5 Å². The summed E-state index contributed by atoms with van der Waals surface area (Å²) < 4.78 is 49.9. The minimum atomic E-state index is -4.21. The van der Waals surface area contributed by atoms with Gasteiger partial charge < -0.3 is 15.0 Å². The second kappa shape index (κ2) is 13.5. The van der Waals surface area contributed by atoms with Gasteiger partial charge in [0.05, 0.1) is 34.7 Å². The van der Waals surface area contributed by atoms with E-state index in [4.69, 9.17) is 4.74 Å². The molecule has 0 saturated carbocycles. The van der Waals surface area contributed by atoms with Crippen LogP contribution >= 0.6 is 11.3 Å². The number of fused-ring (bicyclic) bond motifs is 2. The average Bonchev–Trinajstić information content (AvgIpc) is 3.41. The molecule has 2 aliphatic rings. The number of nitrogens with one attached hydrogen (secondary N) is 2. The number of likely N-dealkylation sites (tertiary alicyclic amines) is 1. The number of amides is 1. The van der Waals surface area contributed by atoms with Gasteiger partial charge in [-0.25, -0.2) is 13.4 Å². The smallest absolute Gasteiger partial charge is 0.305 e. The van der Waals surface area contributed by atoms with Gasteiger partial charge in [0.15, 0.2) is 0 Å². The molecule has 1 amide bonds. The van der Waals surface area contributed by atoms with E-state index in [1.807, 2.05) is 30.3 Å². The Bertz CT molecular complexity index is 1580. The first-order chi connectivity index (χ1) is 21.0. The number of carbonyl (C=O) groups is 2. The molecular formula is C32H41FN4O5S2. The summed E-state index contributed by atoms with van der Waals surface area (Å²) in [6.07, 6.45) is 3.06. The van der Waals surface area contributed by atoms with Gasteiger partial charge >= 0.3 is 5.97 Å². The maximum absolute atomic E-state index is 14.2. The molecule has 3 aromatic rings. The number of nitrogens with zero attached hydrogens (tertiary/aromatic N) is 2. The van der Waals surface area contributed by atoms with Crippen molar-refractivity contribution in [2.24, 2.45) is 11.3 Å². The van der Waals surface area contributed by atoms with Crippen LogP contribution in [-0.2, 0) is 43.6 Å². The average molecular weight is 645 g/mol. The third-order valence-corrected chi connectivity index (χ3v) is 11.1. The molecule has 44 heavy (non-hydrogen) atoms. The number of piperidine rings is 1. The molecule has 238 valence electrons. The molecule has 0 radical (unpaired) electrons. The molecule has 0 spiro atoms. The molecule has 1 unspecified atom stereocenters. The number of thiazole rings is 1. The first-order valence-electron chi connectivity index (χ1n) is 15.2. The van der Waals surface area contributed by atoms with E-state index >= 15 is 0 Å². The van der Waals surface area contributed by atoms with Crippen molar-refractivity contribution in [3.05, 3.63) is 52.5 Å². The van der Waals surface area contributed by atoms with Crippen LogP contribution in [0.4, 0.5) is 10.1 Å². The topological polar surface area (TPSA) is 118 Å². The molecule has 1 fully saturated rings. The number of hydrogen-bond acceptors (Lipinski definition) is 8. The van der Waals surface area contributed by atoms with E-state index in [0.717, 1.165) is 15.8 Å². The fourth-order valence-electron chi connectivity index (χ4n) is 6.12. The van der Waals surface area contributed by atoms with E-state index in [9.17, 15) is 22.4 Å². The van der Waals surface area contributed by atoms with Gasteiger partial charge in [-0.1, -0.05) is 32.0 Å². The van der Waals surface area contributed by atoms with E-state index in [1.54, 1.807) is 11.0 Å². The zero-order valence-corrected chi connectivity index (χ0v) is 27.2. The lowest BCUT2D eigenvalue weighted by molar-refractivity contribution is -0.140. The Morgan fingerprint density at radius 3 is 2.68 bits per heavy atom. The van der Waals surface area contributed by atoms with Crippen LogP contribution in [0.2, 0.25) is 0 Å². The SMILES string of the molecule is COC(=O)CCc1cc2c(c(S(=O)(=O)NC(Cc3nc4ccccc4s3)C(=O)N3CCC(CCF)CC3)c1)NCC(C)(C)C2. The predicted molar refractivity (Wildman–Crippen MR) is 170 cm³/mol. The van der Waals surface area contributed by atoms with Crippen molar-refractivity contribution in [2.45, 2.75) is 69.7 Å². The molecule has 1 atom stereocenters. The lowest BCUT2D eigenvalue weighted by Crippen LogP contribution is -2.51. The van der Waals surface area contributed by atoms with Crippen molar-refractivity contribution < 1.29 is 27.1 Å². The van der Waals surface area contributed by atoms with Crippen molar-refractivity contribution in [2.75, 3.05) is 38.7 Å². The number of carbonyl (C=O) groups excluding carboxylic acids is 2. The first kappa shape index (κ1) is 32.3. The first-order valence-corrected chi connectivity index (χ1v) is 17.5. The largest absolute Gasteiger partial charge is 0.469 e. The summed E-state index contributed by atoms with van der Waals surface area (Å²) in [7, 11) is -2.88. The summed E-state index contributed by atoms with van der Waals surface area (Å²) in [5, 5.41) is 3.99. The van der Waals surface area contributed by atoms with Crippen molar-refractivity contribution >= 4 is 49.1 Å². The van der Waals surface area contributed by atoms with Crippen LogP contribution in [0.3, 0.4) is 0 Å². The van der Waals surface area contributed by atoms with Crippen LogP contribution in [0.1, 0.15) is 55.7 Å². The van der Waals surface area contributed by atoms with Crippen molar-refractivity contribution in [1.29, 1.82) is 0 Å². The van der Waals surface area contributed by atoms with Gasteiger partial charge in [-0.2, -0.15) is 4.72 Å². The molecule has 5 rings (SSSR count). The predicted octanol–water partition coefficient (Wildman–Crippen LogP) is 4.88. The van der Waals surface area contributed by atoms with Gasteiger partial charge in [0.2, 0.25) is 15.9 Å². The van der Waals surface area contributed by atoms with E-state index in [1.165, 1.54) is 18.4 Å². The molecule has 2 N–H and O–H groups in total. The highest BCUT2D eigenvalue weighted by molar-refractivity contribution is 7.89. The Balaban J connectivity index is 1.47. The molecule has 2 aromatic carbocycles. The second-order valence-corrected chi connectivity index (χ2v) is 15.4. The molecule has 1 saturated heterocycles. The number of esters is 1. The summed E-state index contributed by atoms with van der Waals surface area (Å²) in [4.78, 5) is 32.3. The molecule has 0 aliphatic carbocycles. The van der Waals surface area contributed by atoms with Crippen LogP contribution in [0, 0.1) is 11.3 Å². The van der Waals surface area contributed by atoms with Gasteiger partial charge in [0.25, 0.3) is 0 Å². The Morgan fingerprint density at radius 2 is 1.98 bits per heavy atom. The van der Waals surface area contributed by atoms with E-state index in [2.05, 4.69) is 28.9 Å².